The standard InChI is InChI=1S/C16H20FNO5S2/c17-15-5-4-12(25(22,23)13-6-9-24(20,21)11-13)10-14(15)16(19)18-7-2-1-3-8-18/h4-5,10,13H,1-3,6-9,11H2/t13-/m1/s1. The predicted molar refractivity (Wildman–Crippen MR) is 90.4 cm³/mol. The highest BCUT2D eigenvalue weighted by Gasteiger charge is 2.38. The molecule has 2 aliphatic rings. The first-order chi connectivity index (χ1) is 11.7. The molecule has 0 aliphatic carbocycles. The van der Waals surface area contributed by atoms with Crippen LogP contribution in [0, 0.1) is 5.82 Å². The minimum Gasteiger partial charge on any atom is -0.339 e. The summed E-state index contributed by atoms with van der Waals surface area (Å²) in [6.45, 7) is 1.05. The molecule has 2 aliphatic heterocycles. The summed E-state index contributed by atoms with van der Waals surface area (Å²) in [7, 11) is -7.30. The number of piperidine rings is 1. The average molecular weight is 389 g/mol. The van der Waals surface area contributed by atoms with Crippen LogP contribution >= 0.6 is 0 Å². The van der Waals surface area contributed by atoms with Gasteiger partial charge in [-0.25, -0.2) is 21.2 Å². The Hall–Kier alpha value is -1.48. The Morgan fingerprint density at radius 1 is 1.16 bits per heavy atom. The Labute approximate surface area is 146 Å². The summed E-state index contributed by atoms with van der Waals surface area (Å²) in [5.74, 6) is -1.89. The summed E-state index contributed by atoms with van der Waals surface area (Å²) >= 11 is 0. The Balaban J connectivity index is 1.92. The largest absolute Gasteiger partial charge is 0.339 e. The molecule has 25 heavy (non-hydrogen) atoms. The molecule has 2 heterocycles. The van der Waals surface area contributed by atoms with Crippen LogP contribution in [0.15, 0.2) is 23.1 Å². The number of halogens is 1. The van der Waals surface area contributed by atoms with Crippen LogP contribution in [-0.4, -0.2) is 57.5 Å². The minimum absolute atomic E-state index is 0.0252. The number of nitrogens with zero attached hydrogens (tertiary/aromatic N) is 1. The van der Waals surface area contributed by atoms with Crippen LogP contribution in [0.25, 0.3) is 0 Å². The van der Waals surface area contributed by atoms with E-state index in [1.807, 2.05) is 0 Å². The smallest absolute Gasteiger partial charge is 0.256 e. The summed E-state index contributed by atoms with van der Waals surface area (Å²) < 4.78 is 62.6. The van der Waals surface area contributed by atoms with Crippen molar-refractivity contribution in [2.24, 2.45) is 0 Å². The Kier molecular flexibility index (Phi) is 4.89. The molecule has 2 saturated heterocycles. The van der Waals surface area contributed by atoms with Gasteiger partial charge in [0.2, 0.25) is 0 Å². The maximum atomic E-state index is 14.1. The summed E-state index contributed by atoms with van der Waals surface area (Å²) in [6.07, 6.45) is 2.71. The number of carbonyl (C=O) groups is 1. The van der Waals surface area contributed by atoms with Gasteiger partial charge in [-0.3, -0.25) is 4.79 Å². The van der Waals surface area contributed by atoms with Crippen molar-refractivity contribution in [2.45, 2.75) is 35.8 Å². The number of sulfone groups is 2. The molecule has 0 bridgehead atoms. The van der Waals surface area contributed by atoms with E-state index in [1.54, 1.807) is 0 Å². The van der Waals surface area contributed by atoms with Crippen LogP contribution in [-0.2, 0) is 19.7 Å². The van der Waals surface area contributed by atoms with Crippen molar-refractivity contribution in [1.29, 1.82) is 0 Å². The second-order valence-corrected chi connectivity index (χ2v) is 11.0. The first-order valence-corrected chi connectivity index (χ1v) is 11.6. The van der Waals surface area contributed by atoms with Gasteiger partial charge in [0, 0.05) is 13.1 Å². The maximum Gasteiger partial charge on any atom is 0.256 e. The van der Waals surface area contributed by atoms with Gasteiger partial charge in [0.1, 0.15) is 5.82 Å². The van der Waals surface area contributed by atoms with Gasteiger partial charge in [-0.1, -0.05) is 0 Å². The first-order valence-electron chi connectivity index (χ1n) is 8.24. The zero-order valence-electron chi connectivity index (χ0n) is 13.6. The average Bonchev–Trinajstić information content (AvgIpc) is 2.96. The van der Waals surface area contributed by atoms with Crippen LogP contribution in [0.3, 0.4) is 0 Å². The maximum absolute atomic E-state index is 14.1. The summed E-state index contributed by atoms with van der Waals surface area (Å²) in [6, 6.07) is 3.11. The third kappa shape index (κ3) is 3.72. The van der Waals surface area contributed by atoms with Crippen molar-refractivity contribution in [3.63, 3.8) is 0 Å². The highest BCUT2D eigenvalue weighted by molar-refractivity contribution is 7.96. The fourth-order valence-electron chi connectivity index (χ4n) is 3.31. The third-order valence-electron chi connectivity index (χ3n) is 4.77. The van der Waals surface area contributed by atoms with Crippen molar-refractivity contribution < 1.29 is 26.0 Å². The number of hydrogen-bond donors (Lipinski definition) is 0. The molecular weight excluding hydrogens is 369 g/mol. The molecule has 2 fully saturated rings. The molecule has 0 radical (unpaired) electrons. The topological polar surface area (TPSA) is 88.6 Å². The van der Waals surface area contributed by atoms with Gasteiger partial charge in [0.25, 0.3) is 5.91 Å². The number of carbonyl (C=O) groups excluding carboxylic acids is 1. The Bertz CT molecular complexity index is 889. The molecule has 0 saturated carbocycles. The van der Waals surface area contributed by atoms with Gasteiger partial charge < -0.3 is 4.90 Å². The van der Waals surface area contributed by atoms with Gasteiger partial charge in [0.15, 0.2) is 19.7 Å². The quantitative estimate of drug-likeness (QED) is 0.730. The fourth-order valence-corrected chi connectivity index (χ4v) is 7.69. The number of rotatable bonds is 3. The molecule has 9 heteroatoms. The van der Waals surface area contributed by atoms with Crippen LogP contribution in [0.4, 0.5) is 4.39 Å². The van der Waals surface area contributed by atoms with Gasteiger partial charge in [0.05, 0.1) is 27.2 Å². The van der Waals surface area contributed by atoms with Crippen LogP contribution in [0.5, 0.6) is 0 Å². The van der Waals surface area contributed by atoms with E-state index < -0.39 is 42.4 Å². The van der Waals surface area contributed by atoms with E-state index >= 15 is 0 Å². The molecule has 0 aromatic heterocycles. The predicted octanol–water partition coefficient (Wildman–Crippen LogP) is 1.41. The van der Waals surface area contributed by atoms with Crippen molar-refractivity contribution >= 4 is 25.6 Å². The molecule has 3 rings (SSSR count). The number of likely N-dealkylation sites (tertiary alicyclic amines) is 1. The molecule has 138 valence electrons. The summed E-state index contributed by atoms with van der Waals surface area (Å²) in [5.41, 5.74) is -0.274. The highest BCUT2D eigenvalue weighted by atomic mass is 32.2. The first kappa shape index (κ1) is 18.3. The van der Waals surface area contributed by atoms with E-state index in [9.17, 15) is 26.0 Å². The van der Waals surface area contributed by atoms with Gasteiger partial charge in [-0.15, -0.1) is 0 Å². The number of hydrogen-bond acceptors (Lipinski definition) is 5. The number of benzene rings is 1. The lowest BCUT2D eigenvalue weighted by Crippen LogP contribution is -2.36. The molecule has 0 N–H and O–H groups in total. The van der Waals surface area contributed by atoms with E-state index in [4.69, 9.17) is 0 Å². The molecule has 6 nitrogen and oxygen atoms in total. The Morgan fingerprint density at radius 2 is 1.84 bits per heavy atom. The van der Waals surface area contributed by atoms with Gasteiger partial charge in [-0.05, 0) is 43.9 Å². The molecule has 1 atom stereocenters. The SMILES string of the molecule is O=C(c1cc(S(=O)(=O)[C@@H]2CCS(=O)(=O)C2)ccc1F)N1CCCCC1. The second kappa shape index (κ2) is 6.68. The molecule has 1 amide bonds. The van der Waals surface area contributed by atoms with Crippen molar-refractivity contribution in [3.05, 3.63) is 29.6 Å². The highest BCUT2D eigenvalue weighted by Crippen LogP contribution is 2.27. The van der Waals surface area contributed by atoms with E-state index in [0.717, 1.165) is 37.5 Å². The van der Waals surface area contributed by atoms with E-state index in [1.165, 1.54) is 4.90 Å². The normalized spacial score (nSPS) is 23.6. The van der Waals surface area contributed by atoms with Crippen molar-refractivity contribution in [2.75, 3.05) is 24.6 Å². The summed E-state index contributed by atoms with van der Waals surface area (Å²) in [4.78, 5) is 13.8. The molecule has 0 spiro atoms. The minimum atomic E-state index is -3.93. The number of amides is 1. The van der Waals surface area contributed by atoms with Gasteiger partial charge in [-0.2, -0.15) is 0 Å². The van der Waals surface area contributed by atoms with Crippen molar-refractivity contribution in [1.82, 2.24) is 4.90 Å². The van der Waals surface area contributed by atoms with Crippen LogP contribution in [0.2, 0.25) is 0 Å². The summed E-state index contributed by atoms with van der Waals surface area (Å²) in [5, 5.41) is -1.04. The monoisotopic (exact) mass is 389 g/mol. The van der Waals surface area contributed by atoms with E-state index in [0.29, 0.717) is 13.1 Å². The third-order valence-corrected chi connectivity index (χ3v) is 8.94. The van der Waals surface area contributed by atoms with Crippen LogP contribution in [0.1, 0.15) is 36.0 Å². The lowest BCUT2D eigenvalue weighted by atomic mass is 10.1. The zero-order valence-corrected chi connectivity index (χ0v) is 15.3. The molecular formula is C16H20FNO5S2. The fraction of sp³-hybridized carbons (Fsp3) is 0.562. The van der Waals surface area contributed by atoms with E-state index in [2.05, 4.69) is 0 Å². The molecule has 1 aromatic carbocycles. The van der Waals surface area contributed by atoms with Crippen molar-refractivity contribution in [3.8, 4) is 0 Å². The lowest BCUT2D eigenvalue weighted by molar-refractivity contribution is 0.0719. The molecule has 1 aromatic rings. The van der Waals surface area contributed by atoms with Gasteiger partial charge >= 0.3 is 0 Å². The van der Waals surface area contributed by atoms with Crippen LogP contribution < -0.4 is 0 Å². The Morgan fingerprint density at radius 3 is 2.44 bits per heavy atom. The lowest BCUT2D eigenvalue weighted by Gasteiger charge is -2.27. The second-order valence-electron chi connectivity index (χ2n) is 6.56. The van der Waals surface area contributed by atoms with E-state index in [-0.39, 0.29) is 22.6 Å². The molecule has 0 unspecified atom stereocenters. The zero-order chi connectivity index (χ0) is 18.2.